The summed E-state index contributed by atoms with van der Waals surface area (Å²) >= 11 is 1.60. The Morgan fingerprint density at radius 3 is 3.06 bits per heavy atom. The molecular formula is C11H9N3OS. The number of fused-ring (bicyclic) bond motifs is 2. The van der Waals surface area contributed by atoms with E-state index >= 15 is 0 Å². The highest BCUT2D eigenvalue weighted by Gasteiger charge is 2.17. The van der Waals surface area contributed by atoms with E-state index in [2.05, 4.69) is 21.4 Å². The summed E-state index contributed by atoms with van der Waals surface area (Å²) in [6, 6.07) is 8.08. The maximum absolute atomic E-state index is 5.05. The molecular weight excluding hydrogens is 222 g/mol. The second-order valence-electron chi connectivity index (χ2n) is 3.29. The lowest BCUT2D eigenvalue weighted by atomic mass is 10.3. The van der Waals surface area contributed by atoms with E-state index in [0.29, 0.717) is 5.88 Å². The normalized spacial score (nSPS) is 12.3. The summed E-state index contributed by atoms with van der Waals surface area (Å²) in [5, 5.41) is 4.09. The summed E-state index contributed by atoms with van der Waals surface area (Å²) in [6.45, 7) is 0. The molecule has 4 nitrogen and oxygen atoms in total. The van der Waals surface area contributed by atoms with Crippen molar-refractivity contribution in [3.8, 4) is 5.88 Å². The molecule has 1 aliphatic heterocycles. The molecule has 1 N–H and O–H groups in total. The van der Waals surface area contributed by atoms with Gasteiger partial charge in [0, 0.05) is 4.90 Å². The van der Waals surface area contributed by atoms with Crippen LogP contribution < -0.4 is 10.1 Å². The number of nitrogens with one attached hydrogen (secondary N) is 1. The van der Waals surface area contributed by atoms with E-state index in [1.54, 1.807) is 25.1 Å². The molecule has 1 aromatic carbocycles. The van der Waals surface area contributed by atoms with Gasteiger partial charge in [-0.3, -0.25) is 0 Å². The minimum Gasteiger partial charge on any atom is -0.480 e. The number of ether oxygens (including phenoxy) is 1. The van der Waals surface area contributed by atoms with Crippen LogP contribution in [0.3, 0.4) is 0 Å². The molecule has 5 heteroatoms. The third kappa shape index (κ3) is 1.49. The van der Waals surface area contributed by atoms with Crippen LogP contribution in [0.1, 0.15) is 0 Å². The molecule has 0 bridgehead atoms. The van der Waals surface area contributed by atoms with Crippen molar-refractivity contribution in [3.63, 3.8) is 0 Å². The average Bonchev–Trinajstić information content (AvgIpc) is 2.35. The van der Waals surface area contributed by atoms with Gasteiger partial charge in [0.05, 0.1) is 19.0 Å². The number of hydrogen-bond donors (Lipinski definition) is 1. The van der Waals surface area contributed by atoms with E-state index in [9.17, 15) is 0 Å². The highest BCUT2D eigenvalue weighted by atomic mass is 32.2. The van der Waals surface area contributed by atoms with Gasteiger partial charge in [-0.25, -0.2) is 9.97 Å². The van der Waals surface area contributed by atoms with Crippen LogP contribution in [-0.4, -0.2) is 17.1 Å². The average molecular weight is 231 g/mol. The molecule has 0 fully saturated rings. The molecule has 0 amide bonds. The summed E-state index contributed by atoms with van der Waals surface area (Å²) in [6.07, 6.45) is 1.61. The molecule has 0 spiro atoms. The van der Waals surface area contributed by atoms with Crippen LogP contribution in [0.15, 0.2) is 40.4 Å². The van der Waals surface area contributed by atoms with Crippen LogP contribution in [0.5, 0.6) is 5.88 Å². The molecule has 0 radical (unpaired) electrons. The molecule has 3 rings (SSSR count). The van der Waals surface area contributed by atoms with Crippen molar-refractivity contribution in [1.29, 1.82) is 0 Å². The molecule has 0 aliphatic carbocycles. The first-order valence-corrected chi connectivity index (χ1v) is 5.63. The van der Waals surface area contributed by atoms with Gasteiger partial charge in [0.1, 0.15) is 5.03 Å². The number of methoxy groups -OCH3 is 1. The van der Waals surface area contributed by atoms with Crippen molar-refractivity contribution in [2.75, 3.05) is 12.4 Å². The van der Waals surface area contributed by atoms with Gasteiger partial charge in [-0.15, -0.1) is 0 Å². The predicted molar refractivity (Wildman–Crippen MR) is 62.4 cm³/mol. The second-order valence-corrected chi connectivity index (χ2v) is 4.32. The molecule has 0 saturated carbocycles. The van der Waals surface area contributed by atoms with Gasteiger partial charge in [0.15, 0.2) is 5.82 Å². The van der Waals surface area contributed by atoms with Gasteiger partial charge in [0.25, 0.3) is 0 Å². The zero-order chi connectivity index (χ0) is 11.0. The molecule has 1 aliphatic rings. The molecule has 16 heavy (non-hydrogen) atoms. The molecule has 2 aromatic rings. The summed E-state index contributed by atoms with van der Waals surface area (Å²) < 4.78 is 5.05. The number of hydrogen-bond acceptors (Lipinski definition) is 5. The van der Waals surface area contributed by atoms with Crippen molar-refractivity contribution in [1.82, 2.24) is 9.97 Å². The van der Waals surface area contributed by atoms with Crippen LogP contribution in [0.2, 0.25) is 0 Å². The van der Waals surface area contributed by atoms with Crippen LogP contribution in [-0.2, 0) is 0 Å². The Hall–Kier alpha value is -1.75. The highest BCUT2D eigenvalue weighted by Crippen LogP contribution is 2.42. The SMILES string of the molecule is COc1cnc2c(n1)Sc1ccccc1N2. The number of nitrogens with zero attached hydrogens (tertiary/aromatic N) is 2. The highest BCUT2D eigenvalue weighted by molar-refractivity contribution is 7.99. The van der Waals surface area contributed by atoms with Gasteiger partial charge in [-0.2, -0.15) is 0 Å². The van der Waals surface area contributed by atoms with Crippen LogP contribution in [0.4, 0.5) is 11.5 Å². The van der Waals surface area contributed by atoms with E-state index in [1.807, 2.05) is 18.2 Å². The number of benzene rings is 1. The summed E-state index contributed by atoms with van der Waals surface area (Å²) in [5.41, 5.74) is 1.07. The zero-order valence-electron chi connectivity index (χ0n) is 8.60. The topological polar surface area (TPSA) is 47.0 Å². The fourth-order valence-electron chi connectivity index (χ4n) is 1.50. The van der Waals surface area contributed by atoms with Gasteiger partial charge in [-0.1, -0.05) is 23.9 Å². The number of rotatable bonds is 1. The third-order valence-corrected chi connectivity index (χ3v) is 3.33. The van der Waals surface area contributed by atoms with Crippen LogP contribution in [0, 0.1) is 0 Å². The number of para-hydroxylation sites is 1. The number of aromatic nitrogens is 2. The minimum absolute atomic E-state index is 0.535. The fraction of sp³-hybridized carbons (Fsp3) is 0.0909. The largest absolute Gasteiger partial charge is 0.480 e. The van der Waals surface area contributed by atoms with Crippen molar-refractivity contribution in [3.05, 3.63) is 30.5 Å². The standard InChI is InChI=1S/C11H9N3OS/c1-15-9-6-12-10-11(14-9)16-8-5-3-2-4-7(8)13-10/h2-6H,1H3,(H,12,13). The first kappa shape index (κ1) is 9.47. The Morgan fingerprint density at radius 1 is 1.31 bits per heavy atom. The molecule has 0 unspecified atom stereocenters. The van der Waals surface area contributed by atoms with Gasteiger partial charge >= 0.3 is 0 Å². The van der Waals surface area contributed by atoms with Crippen molar-refractivity contribution >= 4 is 23.3 Å². The maximum atomic E-state index is 5.05. The van der Waals surface area contributed by atoms with Crippen LogP contribution >= 0.6 is 11.8 Å². The van der Waals surface area contributed by atoms with E-state index in [0.717, 1.165) is 21.4 Å². The third-order valence-electron chi connectivity index (χ3n) is 2.27. The van der Waals surface area contributed by atoms with E-state index in [-0.39, 0.29) is 0 Å². The Balaban J connectivity index is 2.05. The Bertz CT molecular complexity index is 545. The zero-order valence-corrected chi connectivity index (χ0v) is 9.41. The first-order valence-electron chi connectivity index (χ1n) is 4.82. The lowest BCUT2D eigenvalue weighted by Crippen LogP contribution is -2.04. The van der Waals surface area contributed by atoms with Gasteiger partial charge < -0.3 is 10.1 Å². The first-order chi connectivity index (χ1) is 7.86. The van der Waals surface area contributed by atoms with Crippen molar-refractivity contribution in [2.45, 2.75) is 9.92 Å². The molecule has 0 saturated heterocycles. The van der Waals surface area contributed by atoms with E-state index in [4.69, 9.17) is 4.74 Å². The molecule has 2 heterocycles. The lowest BCUT2D eigenvalue weighted by Gasteiger charge is -2.18. The minimum atomic E-state index is 0.535. The molecule has 80 valence electrons. The maximum Gasteiger partial charge on any atom is 0.233 e. The van der Waals surface area contributed by atoms with Gasteiger partial charge in [-0.05, 0) is 12.1 Å². The summed E-state index contributed by atoms with van der Waals surface area (Å²) in [7, 11) is 1.59. The van der Waals surface area contributed by atoms with Gasteiger partial charge in [0.2, 0.25) is 5.88 Å². The Morgan fingerprint density at radius 2 is 2.19 bits per heavy atom. The molecule has 0 atom stereocenters. The summed E-state index contributed by atoms with van der Waals surface area (Å²) in [5.74, 6) is 1.32. The molecule has 1 aromatic heterocycles. The van der Waals surface area contributed by atoms with E-state index < -0.39 is 0 Å². The van der Waals surface area contributed by atoms with Crippen LogP contribution in [0.25, 0.3) is 0 Å². The smallest absolute Gasteiger partial charge is 0.233 e. The Labute approximate surface area is 97.1 Å². The predicted octanol–water partition coefficient (Wildman–Crippen LogP) is 2.69. The fourth-order valence-corrected chi connectivity index (χ4v) is 2.42. The van der Waals surface area contributed by atoms with Crippen molar-refractivity contribution < 1.29 is 4.74 Å². The Kier molecular flexibility index (Phi) is 2.18. The summed E-state index contributed by atoms with van der Waals surface area (Å²) in [4.78, 5) is 9.77. The van der Waals surface area contributed by atoms with Crippen molar-refractivity contribution in [2.24, 2.45) is 0 Å². The lowest BCUT2D eigenvalue weighted by molar-refractivity contribution is 0.392. The second kappa shape index (κ2) is 3.68. The quantitative estimate of drug-likeness (QED) is 0.697. The monoisotopic (exact) mass is 231 g/mol. The number of anilines is 2. The van der Waals surface area contributed by atoms with E-state index in [1.165, 1.54) is 0 Å².